The zero-order valence-corrected chi connectivity index (χ0v) is 25.0. The molecule has 9 nitrogen and oxygen atoms in total. The van der Waals surface area contributed by atoms with Crippen LogP contribution in [0.1, 0.15) is 67.2 Å². The summed E-state index contributed by atoms with van der Waals surface area (Å²) in [7, 11) is 6.57. The molecule has 3 amide bonds. The molecule has 0 unspecified atom stereocenters. The molecule has 0 rings (SSSR count). The number of ether oxygens (including phenoxy) is 2. The number of hydrogen-bond donors (Lipinski definition) is 4. The van der Waals surface area contributed by atoms with Gasteiger partial charge in [-0.05, 0) is 12.8 Å². The molecule has 0 saturated carbocycles. The molecule has 0 radical (unpaired) electrons. The van der Waals surface area contributed by atoms with Gasteiger partial charge in [0.05, 0.1) is 0 Å². The average Bonchev–Trinajstić information content (AvgIpc) is 2.73. The number of carbonyl (C=O) groups excluding carboxylic acids is 3. The van der Waals surface area contributed by atoms with Crippen LogP contribution < -0.4 is 16.0 Å². The van der Waals surface area contributed by atoms with Crippen molar-refractivity contribution in [2.24, 2.45) is 0 Å². The van der Waals surface area contributed by atoms with E-state index in [-0.39, 0.29) is 29.3 Å². The summed E-state index contributed by atoms with van der Waals surface area (Å²) in [5, 5.41) is 16.3. The third kappa shape index (κ3) is 23.5. The summed E-state index contributed by atoms with van der Waals surface area (Å²) in [6, 6.07) is 0. The summed E-state index contributed by atoms with van der Waals surface area (Å²) in [6.45, 7) is 13.5. The first-order valence-corrected chi connectivity index (χ1v) is 16.3. The molecule has 0 aromatic rings. The van der Waals surface area contributed by atoms with Crippen molar-refractivity contribution in [1.82, 2.24) is 16.0 Å². The van der Waals surface area contributed by atoms with E-state index in [1.807, 2.05) is 0 Å². The number of nitrogens with one attached hydrogen (secondary N) is 3. The molecule has 0 aliphatic carbocycles. The van der Waals surface area contributed by atoms with E-state index in [2.05, 4.69) is 57.5 Å². The Morgan fingerprint density at radius 2 is 1.23 bits per heavy atom. The lowest BCUT2D eigenvalue weighted by molar-refractivity contribution is -0.123. The molecular weight excluding hydrogens is 531 g/mol. The fourth-order valence-corrected chi connectivity index (χ4v) is 6.37. The van der Waals surface area contributed by atoms with Crippen molar-refractivity contribution in [3.05, 3.63) is 0 Å². The molecule has 0 spiro atoms. The number of aliphatic hydroxyl groups excluding tert-OH is 1. The van der Waals surface area contributed by atoms with Gasteiger partial charge < -0.3 is 19.9 Å². The maximum absolute atomic E-state index is 12.6. The number of aliphatic hydroxyl groups is 1. The monoisotopic (exact) mass is 573 g/mol. The van der Waals surface area contributed by atoms with E-state index in [0.29, 0.717) is 18.1 Å². The topological polar surface area (TPSA) is 126 Å². The number of rotatable bonds is 17. The van der Waals surface area contributed by atoms with Crippen molar-refractivity contribution in [2.45, 2.75) is 82.9 Å². The van der Waals surface area contributed by atoms with Crippen molar-refractivity contribution < 1.29 is 29.0 Å². The number of hydrogen-bond acceptors (Lipinski definition) is 10. The number of carbonyl (C=O) groups is 3. The van der Waals surface area contributed by atoms with Crippen LogP contribution in [-0.4, -0.2) is 76.7 Å². The Morgan fingerprint density at radius 3 is 1.66 bits per heavy atom. The van der Waals surface area contributed by atoms with Crippen LogP contribution in [-0.2, 0) is 14.3 Å². The van der Waals surface area contributed by atoms with Crippen molar-refractivity contribution in [2.75, 3.05) is 37.9 Å². The molecular formula is C22H43N3O6S4. The Kier molecular flexibility index (Phi) is 19.1. The van der Waals surface area contributed by atoms with Gasteiger partial charge in [0.25, 0.3) is 5.91 Å². The summed E-state index contributed by atoms with van der Waals surface area (Å²) in [6.07, 6.45) is 0.238. The zero-order valence-electron chi connectivity index (χ0n) is 21.8. The Morgan fingerprint density at radius 1 is 0.771 bits per heavy atom. The van der Waals surface area contributed by atoms with Crippen molar-refractivity contribution in [3.63, 3.8) is 0 Å². The molecule has 0 saturated heterocycles. The number of unbranched alkanes of at least 4 members (excludes halogenated alkanes) is 3. The van der Waals surface area contributed by atoms with Gasteiger partial charge >= 0.3 is 12.2 Å². The molecule has 0 atom stereocenters. The minimum Gasteiger partial charge on any atom is -0.449 e. The van der Waals surface area contributed by atoms with Gasteiger partial charge in [0.1, 0.15) is 13.2 Å². The van der Waals surface area contributed by atoms with E-state index in [4.69, 9.17) is 14.6 Å². The average molecular weight is 574 g/mol. The first-order chi connectivity index (χ1) is 16.3. The Balaban J connectivity index is 4.57. The normalized spacial score (nSPS) is 11.8. The molecule has 0 aliphatic heterocycles. The first kappa shape index (κ1) is 34.4. The molecule has 0 bridgehead atoms. The lowest BCUT2D eigenvalue weighted by Gasteiger charge is -2.20. The van der Waals surface area contributed by atoms with Crippen molar-refractivity contribution in [1.29, 1.82) is 0 Å². The van der Waals surface area contributed by atoms with Gasteiger partial charge in [-0.3, -0.25) is 15.4 Å². The van der Waals surface area contributed by atoms with Crippen LogP contribution in [0, 0.1) is 0 Å². The summed E-state index contributed by atoms with van der Waals surface area (Å²) < 4.78 is 10.5. The minimum absolute atomic E-state index is 0.0996. The summed E-state index contributed by atoms with van der Waals surface area (Å²) in [5.74, 6) is 0.635. The van der Waals surface area contributed by atoms with Crippen LogP contribution in [0.15, 0.2) is 0 Å². The SMILES string of the molecule is CC(C)(C)SSCCOC(=O)NC(NC(=O)OCCSSC(C)(C)C)C(=O)NCCCCCCO. The van der Waals surface area contributed by atoms with E-state index in [0.717, 1.165) is 25.7 Å². The molecule has 35 heavy (non-hydrogen) atoms. The fourth-order valence-electron chi connectivity index (χ4n) is 2.16. The van der Waals surface area contributed by atoms with Gasteiger partial charge in [-0.25, -0.2) is 9.59 Å². The van der Waals surface area contributed by atoms with Crippen molar-refractivity contribution in [3.8, 4) is 0 Å². The van der Waals surface area contributed by atoms with Gasteiger partial charge in [0.2, 0.25) is 0 Å². The maximum atomic E-state index is 12.6. The number of alkyl carbamates (subject to hydrolysis) is 2. The minimum atomic E-state index is -1.32. The highest BCUT2D eigenvalue weighted by atomic mass is 33.1. The third-order valence-corrected chi connectivity index (χ3v) is 10.2. The lowest BCUT2D eigenvalue weighted by Crippen LogP contribution is -2.57. The van der Waals surface area contributed by atoms with E-state index in [1.165, 1.54) is 0 Å². The predicted molar refractivity (Wildman–Crippen MR) is 151 cm³/mol. The molecule has 0 heterocycles. The molecule has 0 aliphatic rings. The molecule has 206 valence electrons. The van der Waals surface area contributed by atoms with Crippen molar-refractivity contribution >= 4 is 61.3 Å². The lowest BCUT2D eigenvalue weighted by atomic mass is 10.2. The third-order valence-electron chi connectivity index (χ3n) is 3.59. The predicted octanol–water partition coefficient (Wildman–Crippen LogP) is 4.79. The molecule has 0 aromatic heterocycles. The van der Waals surface area contributed by atoms with Gasteiger partial charge in [-0.1, -0.05) is 97.6 Å². The van der Waals surface area contributed by atoms with Gasteiger partial charge in [0, 0.05) is 34.2 Å². The molecule has 13 heteroatoms. The second-order valence-electron chi connectivity index (χ2n) is 9.46. The second kappa shape index (κ2) is 19.5. The standard InChI is InChI=1S/C22H43N3O6S4/c1-21(2,3)34-32-15-13-30-19(28)24-17(18(27)23-11-9-7-8-10-12-26)25-20(29)31-14-16-33-35-22(4,5)6/h17,26H,7-16H2,1-6H3,(H,23,27)(H,24,28)(H,25,29). The second-order valence-corrected chi connectivity index (χ2v) is 15.9. The molecule has 4 N–H and O–H groups in total. The summed E-state index contributed by atoms with van der Waals surface area (Å²) in [4.78, 5) is 36.9. The van der Waals surface area contributed by atoms with E-state index < -0.39 is 24.3 Å². The maximum Gasteiger partial charge on any atom is 0.409 e. The summed E-state index contributed by atoms with van der Waals surface area (Å²) >= 11 is 0. The Hall–Kier alpha value is -0.630. The van der Waals surface area contributed by atoms with Crippen LogP contribution in [0.25, 0.3) is 0 Å². The smallest absolute Gasteiger partial charge is 0.409 e. The van der Waals surface area contributed by atoms with Gasteiger partial charge in [-0.2, -0.15) is 0 Å². The first-order valence-electron chi connectivity index (χ1n) is 11.7. The quantitative estimate of drug-likeness (QED) is 0.110. The van der Waals surface area contributed by atoms with E-state index >= 15 is 0 Å². The van der Waals surface area contributed by atoms with Crippen LogP contribution in [0.3, 0.4) is 0 Å². The summed E-state index contributed by atoms with van der Waals surface area (Å²) in [5.41, 5.74) is 0. The van der Waals surface area contributed by atoms with Gasteiger partial charge in [-0.15, -0.1) is 0 Å². The highest BCUT2D eigenvalue weighted by Crippen LogP contribution is 2.35. The molecule has 0 aromatic carbocycles. The Labute approximate surface area is 226 Å². The number of amides is 3. The van der Waals surface area contributed by atoms with Gasteiger partial charge in [0.15, 0.2) is 6.17 Å². The highest BCUT2D eigenvalue weighted by molar-refractivity contribution is 8.77. The Bertz CT molecular complexity index is 577. The van der Waals surface area contributed by atoms with Crippen LogP contribution >= 0.6 is 43.2 Å². The molecule has 0 fully saturated rings. The highest BCUT2D eigenvalue weighted by Gasteiger charge is 2.24. The van der Waals surface area contributed by atoms with E-state index in [9.17, 15) is 14.4 Å². The fraction of sp³-hybridized carbons (Fsp3) is 0.864. The van der Waals surface area contributed by atoms with Crippen LogP contribution in [0.4, 0.5) is 9.59 Å². The van der Waals surface area contributed by atoms with E-state index in [1.54, 1.807) is 43.2 Å². The van der Waals surface area contributed by atoms with Crippen LogP contribution in [0.5, 0.6) is 0 Å². The van der Waals surface area contributed by atoms with Crippen LogP contribution in [0.2, 0.25) is 0 Å². The zero-order chi connectivity index (χ0) is 26.7. The largest absolute Gasteiger partial charge is 0.449 e.